The lowest BCUT2D eigenvalue weighted by molar-refractivity contribution is -0.154. The quantitative estimate of drug-likeness (QED) is 0.603. The highest BCUT2D eigenvalue weighted by molar-refractivity contribution is 5.84. The molecule has 0 spiro atoms. The number of methoxy groups -OCH3 is 1. The Balaban J connectivity index is 1.56. The van der Waals surface area contributed by atoms with Crippen molar-refractivity contribution < 1.29 is 19.1 Å². The van der Waals surface area contributed by atoms with Gasteiger partial charge in [0.2, 0.25) is 0 Å². The first kappa shape index (κ1) is 20.2. The van der Waals surface area contributed by atoms with Gasteiger partial charge >= 0.3 is 5.97 Å². The third-order valence-corrected chi connectivity index (χ3v) is 4.61. The Hall–Kier alpha value is -3.49. The third-order valence-electron chi connectivity index (χ3n) is 4.61. The minimum atomic E-state index is -0.913. The largest absolute Gasteiger partial charge is 0.497 e. The summed E-state index contributed by atoms with van der Waals surface area (Å²) in [5.41, 5.74) is 3.06. The van der Waals surface area contributed by atoms with Crippen LogP contribution in [0.1, 0.15) is 29.4 Å². The third kappa shape index (κ3) is 4.68. The van der Waals surface area contributed by atoms with E-state index in [1.54, 1.807) is 25.5 Å². The highest BCUT2D eigenvalue weighted by Crippen LogP contribution is 2.15. The van der Waals surface area contributed by atoms with Crippen LogP contribution in [0.5, 0.6) is 5.75 Å². The molecule has 0 fully saturated rings. The Kier molecular flexibility index (Phi) is 6.06. The van der Waals surface area contributed by atoms with Gasteiger partial charge in [-0.25, -0.2) is 9.50 Å². The van der Waals surface area contributed by atoms with E-state index in [0.29, 0.717) is 23.6 Å². The van der Waals surface area contributed by atoms with Gasteiger partial charge in [0.15, 0.2) is 6.10 Å². The van der Waals surface area contributed by atoms with Crippen molar-refractivity contribution in [2.45, 2.75) is 39.8 Å². The molecule has 0 bridgehead atoms. The first-order valence-electron chi connectivity index (χ1n) is 9.15. The summed E-state index contributed by atoms with van der Waals surface area (Å²) in [6.45, 7) is 5.51. The molecule has 0 saturated carbocycles. The molecule has 1 N–H and O–H groups in total. The first-order chi connectivity index (χ1) is 13.9. The SMILES string of the molecule is COc1ccc(CNC(=O)[C@H](C)OC(=O)Cc2c(C)nc3ncnn3c2C)cc1. The lowest BCUT2D eigenvalue weighted by Gasteiger charge is -2.15. The maximum absolute atomic E-state index is 12.4. The maximum atomic E-state index is 12.4. The minimum Gasteiger partial charge on any atom is -0.497 e. The summed E-state index contributed by atoms with van der Waals surface area (Å²) in [4.78, 5) is 33.0. The van der Waals surface area contributed by atoms with E-state index in [9.17, 15) is 9.59 Å². The number of nitrogens with zero attached hydrogens (tertiary/aromatic N) is 4. The van der Waals surface area contributed by atoms with Crippen molar-refractivity contribution in [2.24, 2.45) is 0 Å². The van der Waals surface area contributed by atoms with Gasteiger partial charge in [0, 0.05) is 23.5 Å². The number of aromatic nitrogens is 4. The molecule has 1 aromatic carbocycles. The van der Waals surface area contributed by atoms with Crippen molar-refractivity contribution in [3.63, 3.8) is 0 Å². The summed E-state index contributed by atoms with van der Waals surface area (Å²) in [7, 11) is 1.59. The minimum absolute atomic E-state index is 0.00341. The predicted molar refractivity (Wildman–Crippen MR) is 104 cm³/mol. The van der Waals surface area contributed by atoms with Gasteiger partial charge in [-0.1, -0.05) is 12.1 Å². The fourth-order valence-electron chi connectivity index (χ4n) is 2.92. The number of carbonyl (C=O) groups excluding carboxylic acids is 2. The molecular weight excluding hydrogens is 374 g/mol. The van der Waals surface area contributed by atoms with Crippen molar-refractivity contribution in [1.29, 1.82) is 0 Å². The van der Waals surface area contributed by atoms with Crippen LogP contribution in [0.4, 0.5) is 0 Å². The zero-order valence-corrected chi connectivity index (χ0v) is 16.8. The van der Waals surface area contributed by atoms with Crippen LogP contribution in [0.25, 0.3) is 5.78 Å². The molecule has 0 aliphatic rings. The average molecular weight is 397 g/mol. The van der Waals surface area contributed by atoms with E-state index in [2.05, 4.69) is 20.4 Å². The molecule has 9 nitrogen and oxygen atoms in total. The molecule has 0 unspecified atom stereocenters. The highest BCUT2D eigenvalue weighted by atomic mass is 16.5. The Morgan fingerprint density at radius 2 is 1.93 bits per heavy atom. The van der Waals surface area contributed by atoms with E-state index in [0.717, 1.165) is 17.0 Å². The normalized spacial score (nSPS) is 11.9. The number of esters is 1. The molecule has 0 aliphatic heterocycles. The van der Waals surface area contributed by atoms with Crippen molar-refractivity contribution in [1.82, 2.24) is 24.9 Å². The molecule has 0 radical (unpaired) electrons. The molecule has 29 heavy (non-hydrogen) atoms. The van der Waals surface area contributed by atoms with Crippen LogP contribution in [0.15, 0.2) is 30.6 Å². The number of nitrogens with one attached hydrogen (secondary N) is 1. The number of amides is 1. The van der Waals surface area contributed by atoms with Crippen molar-refractivity contribution >= 4 is 17.7 Å². The number of ether oxygens (including phenoxy) is 2. The van der Waals surface area contributed by atoms with Gasteiger partial charge in [-0.3, -0.25) is 9.59 Å². The van der Waals surface area contributed by atoms with E-state index in [1.807, 2.05) is 31.2 Å². The van der Waals surface area contributed by atoms with E-state index in [1.165, 1.54) is 6.33 Å². The van der Waals surface area contributed by atoms with E-state index >= 15 is 0 Å². The number of rotatable bonds is 7. The molecule has 2 heterocycles. The topological polar surface area (TPSA) is 108 Å². The molecule has 152 valence electrons. The van der Waals surface area contributed by atoms with Crippen LogP contribution in [0, 0.1) is 13.8 Å². The molecule has 2 aromatic heterocycles. The molecule has 9 heteroatoms. The average Bonchev–Trinajstić information content (AvgIpc) is 3.18. The van der Waals surface area contributed by atoms with Crippen LogP contribution in [0.3, 0.4) is 0 Å². The van der Waals surface area contributed by atoms with Crippen LogP contribution in [-0.4, -0.2) is 44.7 Å². The summed E-state index contributed by atoms with van der Waals surface area (Å²) in [5, 5.41) is 6.86. The second kappa shape index (κ2) is 8.68. The molecule has 1 atom stereocenters. The second-order valence-electron chi connectivity index (χ2n) is 6.61. The Morgan fingerprint density at radius 1 is 1.21 bits per heavy atom. The Bertz CT molecular complexity index is 1030. The van der Waals surface area contributed by atoms with E-state index < -0.39 is 12.1 Å². The lowest BCUT2D eigenvalue weighted by atomic mass is 10.1. The van der Waals surface area contributed by atoms with Crippen LogP contribution in [0.2, 0.25) is 0 Å². The summed E-state index contributed by atoms with van der Waals surface area (Å²) in [6.07, 6.45) is 0.493. The number of benzene rings is 1. The molecule has 0 saturated heterocycles. The number of fused-ring (bicyclic) bond motifs is 1. The fraction of sp³-hybridized carbons (Fsp3) is 0.350. The smallest absolute Gasteiger partial charge is 0.311 e. The van der Waals surface area contributed by atoms with Gasteiger partial charge in [0.1, 0.15) is 12.1 Å². The number of aryl methyl sites for hydroxylation is 2. The lowest BCUT2D eigenvalue weighted by Crippen LogP contribution is -2.35. The second-order valence-corrected chi connectivity index (χ2v) is 6.61. The first-order valence-corrected chi connectivity index (χ1v) is 9.15. The summed E-state index contributed by atoms with van der Waals surface area (Å²) >= 11 is 0. The van der Waals surface area contributed by atoms with Crippen molar-refractivity contribution in [3.8, 4) is 5.75 Å². The Morgan fingerprint density at radius 3 is 2.62 bits per heavy atom. The van der Waals surface area contributed by atoms with Gasteiger partial charge in [0.25, 0.3) is 11.7 Å². The van der Waals surface area contributed by atoms with Crippen molar-refractivity contribution in [3.05, 3.63) is 53.1 Å². The van der Waals surface area contributed by atoms with Gasteiger partial charge in [-0.05, 0) is 38.5 Å². The number of hydrogen-bond donors (Lipinski definition) is 1. The zero-order chi connectivity index (χ0) is 21.0. The summed E-state index contributed by atoms with van der Waals surface area (Å²) in [5.74, 6) is 0.340. The molecule has 3 rings (SSSR count). The predicted octanol–water partition coefficient (Wildman–Crippen LogP) is 1.54. The zero-order valence-electron chi connectivity index (χ0n) is 16.8. The summed E-state index contributed by atoms with van der Waals surface area (Å²) in [6, 6.07) is 7.34. The number of hydrogen-bond acceptors (Lipinski definition) is 7. The highest BCUT2D eigenvalue weighted by Gasteiger charge is 2.20. The van der Waals surface area contributed by atoms with Gasteiger partial charge in [0.05, 0.1) is 13.5 Å². The molecule has 3 aromatic rings. The summed E-state index contributed by atoms with van der Waals surface area (Å²) < 4.78 is 12.0. The van der Waals surface area contributed by atoms with Gasteiger partial charge in [-0.15, -0.1) is 0 Å². The van der Waals surface area contributed by atoms with Crippen LogP contribution in [-0.2, 0) is 27.3 Å². The standard InChI is InChI=1S/C20H23N5O4/c1-12-17(13(2)25-20(24-12)22-11-23-25)9-18(26)29-14(3)19(27)21-10-15-5-7-16(28-4)8-6-15/h5-8,11,14H,9-10H2,1-4H3,(H,21,27)/t14-/m0/s1. The molecule has 1 amide bonds. The maximum Gasteiger partial charge on any atom is 0.311 e. The van der Waals surface area contributed by atoms with E-state index in [4.69, 9.17) is 9.47 Å². The molecule has 0 aliphatic carbocycles. The Labute approximate surface area is 168 Å². The van der Waals surface area contributed by atoms with E-state index in [-0.39, 0.29) is 12.3 Å². The van der Waals surface area contributed by atoms with Crippen LogP contribution >= 0.6 is 0 Å². The van der Waals surface area contributed by atoms with Crippen molar-refractivity contribution in [2.75, 3.05) is 7.11 Å². The number of carbonyl (C=O) groups is 2. The van der Waals surface area contributed by atoms with Gasteiger partial charge in [-0.2, -0.15) is 10.1 Å². The van der Waals surface area contributed by atoms with Gasteiger partial charge < -0.3 is 14.8 Å². The molecular formula is C20H23N5O4. The monoisotopic (exact) mass is 397 g/mol. The van der Waals surface area contributed by atoms with Crippen LogP contribution < -0.4 is 10.1 Å². The fourth-order valence-corrected chi connectivity index (χ4v) is 2.92.